The molecule has 1 saturated heterocycles. The number of benzene rings is 1. The fraction of sp³-hybridized carbons (Fsp3) is 0.368. The number of Topliss-reactive ketones (excluding diaryl/α,β-unsaturated/α-hetero) is 1. The van der Waals surface area contributed by atoms with Crippen molar-refractivity contribution in [3.05, 3.63) is 45.7 Å². The Morgan fingerprint density at radius 1 is 1.19 bits per heavy atom. The van der Waals surface area contributed by atoms with E-state index in [9.17, 15) is 23.0 Å². The van der Waals surface area contributed by atoms with Crippen molar-refractivity contribution in [2.45, 2.75) is 31.7 Å². The number of carbonyl (C=O) groups excluding carboxylic acids is 1. The number of aromatic nitrogens is 1. The zero-order chi connectivity index (χ0) is 22.3. The van der Waals surface area contributed by atoms with Crippen LogP contribution in [0.25, 0.3) is 0 Å². The minimum absolute atomic E-state index is 0.0174. The van der Waals surface area contributed by atoms with Crippen molar-refractivity contribution >= 4 is 39.8 Å². The molecule has 2 aromatic rings. The summed E-state index contributed by atoms with van der Waals surface area (Å²) in [6.07, 6.45) is 2.65. The summed E-state index contributed by atoms with van der Waals surface area (Å²) in [5, 5.41) is 9.63. The first-order chi connectivity index (χ1) is 14.7. The Balaban J connectivity index is 1.69. The van der Waals surface area contributed by atoms with Crippen molar-refractivity contribution in [1.29, 1.82) is 0 Å². The van der Waals surface area contributed by atoms with E-state index in [0.29, 0.717) is 16.2 Å². The van der Waals surface area contributed by atoms with Gasteiger partial charge in [-0.15, -0.1) is 0 Å². The van der Waals surface area contributed by atoms with E-state index >= 15 is 0 Å². The van der Waals surface area contributed by atoms with E-state index in [-0.39, 0.29) is 57.7 Å². The monoisotopic (exact) mass is 494 g/mol. The maximum Gasteiger partial charge on any atom is 0.387 e. The molecule has 2 aliphatic heterocycles. The van der Waals surface area contributed by atoms with Crippen molar-refractivity contribution in [1.82, 2.24) is 0 Å². The van der Waals surface area contributed by atoms with Crippen molar-refractivity contribution in [2.75, 3.05) is 11.5 Å². The Kier molecular flexibility index (Phi) is 5.97. The number of carbonyl (C=O) groups is 1. The number of fused-ring (bicyclic) bond motifs is 1. The molecular weight excluding hydrogens is 479 g/mol. The molecule has 0 atom stereocenters. The average molecular weight is 495 g/mol. The summed E-state index contributed by atoms with van der Waals surface area (Å²) in [6.45, 7) is -3.10. The SMILES string of the molecule is O=C(Cc1c(Cl)c[n+](O)cc1Cl)c1ccc(OC(F)F)c2c1OC1(CCS(=O)CC1)O2. The molecule has 166 valence electrons. The number of ether oxygens (including phenoxy) is 3. The fourth-order valence-electron chi connectivity index (χ4n) is 3.48. The van der Waals surface area contributed by atoms with Crippen LogP contribution < -0.4 is 18.9 Å². The molecule has 31 heavy (non-hydrogen) atoms. The lowest BCUT2D eigenvalue weighted by Gasteiger charge is -2.30. The van der Waals surface area contributed by atoms with Crippen LogP contribution in [-0.2, 0) is 17.2 Å². The highest BCUT2D eigenvalue weighted by Crippen LogP contribution is 2.51. The van der Waals surface area contributed by atoms with Crippen LogP contribution in [0.4, 0.5) is 8.78 Å². The van der Waals surface area contributed by atoms with Gasteiger partial charge in [0.05, 0.1) is 5.56 Å². The number of hydrogen-bond acceptors (Lipinski definition) is 6. The van der Waals surface area contributed by atoms with Crippen molar-refractivity contribution in [3.63, 3.8) is 0 Å². The van der Waals surface area contributed by atoms with Gasteiger partial charge in [-0.05, 0) is 12.1 Å². The number of pyridine rings is 1. The molecule has 0 unspecified atom stereocenters. The van der Waals surface area contributed by atoms with Gasteiger partial charge in [-0.25, -0.2) is 0 Å². The summed E-state index contributed by atoms with van der Waals surface area (Å²) < 4.78 is 54.5. The standard InChI is InChI=1S/C19H16Cl2F2NO6S/c20-12-8-24(26)9-13(21)11(12)7-14(25)10-1-2-15(28-18(22)23)17-16(10)29-19(30-17)3-5-31(27)6-4-19/h1-2,8-9,18,26H,3-7H2/q+1. The Morgan fingerprint density at radius 2 is 1.81 bits per heavy atom. The Labute approximate surface area is 187 Å². The topological polar surface area (TPSA) is 85.9 Å². The van der Waals surface area contributed by atoms with Gasteiger partial charge in [0.25, 0.3) is 5.79 Å². The van der Waals surface area contributed by atoms with E-state index in [0.717, 1.165) is 0 Å². The second-order valence-electron chi connectivity index (χ2n) is 7.02. The van der Waals surface area contributed by atoms with Crippen LogP contribution in [0.3, 0.4) is 0 Å². The molecule has 1 N–H and O–H groups in total. The smallest absolute Gasteiger partial charge is 0.387 e. The molecular formula is C19H16Cl2F2NO6S+. The van der Waals surface area contributed by atoms with E-state index in [1.807, 2.05) is 0 Å². The lowest BCUT2D eigenvalue weighted by molar-refractivity contribution is -0.904. The predicted octanol–water partition coefficient (Wildman–Crippen LogP) is 3.56. The third kappa shape index (κ3) is 4.42. The van der Waals surface area contributed by atoms with Gasteiger partial charge in [-0.2, -0.15) is 8.78 Å². The molecule has 0 bridgehead atoms. The van der Waals surface area contributed by atoms with E-state index < -0.39 is 29.0 Å². The summed E-state index contributed by atoms with van der Waals surface area (Å²) in [4.78, 5) is 13.1. The molecule has 7 nitrogen and oxygen atoms in total. The number of hydrogen-bond donors (Lipinski definition) is 1. The van der Waals surface area contributed by atoms with E-state index in [1.54, 1.807) is 0 Å². The van der Waals surface area contributed by atoms with Crippen LogP contribution in [0.15, 0.2) is 24.5 Å². The lowest BCUT2D eigenvalue weighted by atomic mass is 10.0. The van der Waals surface area contributed by atoms with Crippen molar-refractivity contribution < 1.29 is 41.9 Å². The number of ketones is 1. The minimum atomic E-state index is -3.10. The third-order valence-electron chi connectivity index (χ3n) is 5.00. The Bertz CT molecular complexity index is 1050. The molecule has 1 aromatic heterocycles. The van der Waals surface area contributed by atoms with Gasteiger partial charge in [-0.1, -0.05) is 23.2 Å². The average Bonchev–Trinajstić information content (AvgIpc) is 3.06. The largest absolute Gasteiger partial charge is 0.447 e. The first-order valence-electron chi connectivity index (χ1n) is 9.14. The van der Waals surface area contributed by atoms with Crippen LogP contribution in [0.2, 0.25) is 10.0 Å². The van der Waals surface area contributed by atoms with Crippen LogP contribution >= 0.6 is 23.2 Å². The molecule has 1 spiro atoms. The van der Waals surface area contributed by atoms with Gasteiger partial charge in [-0.3, -0.25) is 14.2 Å². The first-order valence-corrected chi connectivity index (χ1v) is 11.4. The molecule has 0 radical (unpaired) electrons. The number of rotatable bonds is 5. The van der Waals surface area contributed by atoms with E-state index in [4.69, 9.17) is 32.7 Å². The molecule has 2 aliphatic rings. The van der Waals surface area contributed by atoms with Gasteiger partial charge < -0.3 is 14.2 Å². The second-order valence-corrected chi connectivity index (χ2v) is 9.53. The highest BCUT2D eigenvalue weighted by molar-refractivity contribution is 7.85. The molecule has 1 aromatic carbocycles. The molecule has 0 saturated carbocycles. The van der Waals surface area contributed by atoms with Gasteiger partial charge in [0.1, 0.15) is 10.0 Å². The summed E-state index contributed by atoms with van der Waals surface area (Å²) >= 11 is 12.2. The zero-order valence-corrected chi connectivity index (χ0v) is 18.1. The maximum atomic E-state index is 13.1. The van der Waals surface area contributed by atoms with E-state index in [2.05, 4.69) is 4.74 Å². The van der Waals surface area contributed by atoms with Crippen LogP contribution in [0, 0.1) is 0 Å². The number of alkyl halides is 2. The summed E-state index contributed by atoms with van der Waals surface area (Å²) in [6, 6.07) is 2.51. The quantitative estimate of drug-likeness (QED) is 0.388. The lowest BCUT2D eigenvalue weighted by Crippen LogP contribution is -2.44. The van der Waals surface area contributed by atoms with Crippen LogP contribution in [-0.4, -0.2) is 39.1 Å². The molecule has 0 amide bonds. The molecule has 12 heteroatoms. The summed E-state index contributed by atoms with van der Waals surface area (Å²) in [7, 11) is -1.02. The molecule has 4 rings (SSSR count). The molecule has 3 heterocycles. The third-order valence-corrected chi connectivity index (χ3v) is 6.97. The van der Waals surface area contributed by atoms with Gasteiger partial charge >= 0.3 is 6.61 Å². The van der Waals surface area contributed by atoms with Gasteiger partial charge in [0.15, 0.2) is 17.3 Å². The zero-order valence-electron chi connectivity index (χ0n) is 15.8. The molecule has 0 aliphatic carbocycles. The van der Waals surface area contributed by atoms with Crippen LogP contribution in [0.5, 0.6) is 17.2 Å². The maximum absolute atomic E-state index is 13.1. The van der Waals surface area contributed by atoms with Gasteiger partial charge in [0, 0.05) is 51.9 Å². The van der Waals surface area contributed by atoms with Crippen molar-refractivity contribution in [2.24, 2.45) is 0 Å². The van der Waals surface area contributed by atoms with Crippen LogP contribution in [0.1, 0.15) is 28.8 Å². The Morgan fingerprint density at radius 3 is 2.42 bits per heavy atom. The number of nitrogens with zero attached hydrogens (tertiary/aromatic N) is 1. The highest BCUT2D eigenvalue weighted by Gasteiger charge is 2.47. The van der Waals surface area contributed by atoms with Crippen molar-refractivity contribution in [3.8, 4) is 17.2 Å². The minimum Gasteiger partial charge on any atom is -0.447 e. The summed E-state index contributed by atoms with van der Waals surface area (Å²) in [5.41, 5.74) is 0.357. The van der Waals surface area contributed by atoms with E-state index in [1.165, 1.54) is 24.5 Å². The second kappa shape index (κ2) is 8.40. The number of halogens is 4. The Hall–Kier alpha value is -2.17. The predicted molar refractivity (Wildman–Crippen MR) is 106 cm³/mol. The highest BCUT2D eigenvalue weighted by atomic mass is 35.5. The molecule has 1 fully saturated rings. The van der Waals surface area contributed by atoms with Gasteiger partial charge in [0.2, 0.25) is 18.1 Å². The first kappa shape index (κ1) is 22.0. The fourth-order valence-corrected chi connectivity index (χ4v) is 5.34. The summed E-state index contributed by atoms with van der Waals surface area (Å²) in [5.74, 6) is -1.40. The normalized spacial score (nSPS) is 22.2.